The number of unbranched alkanes of at least 4 members (excludes halogenated alkanes) is 2. The Labute approximate surface area is 393 Å². The molecule has 4 amide bonds. The first-order valence-electron chi connectivity index (χ1n) is 22.6. The Morgan fingerprint density at radius 3 is 1.49 bits per heavy atom. The number of nitrogens with zero attached hydrogens (tertiary/aromatic N) is 2. The fourth-order valence-electron chi connectivity index (χ4n) is 8.39. The molecule has 0 aromatic rings. The highest BCUT2D eigenvalue weighted by Gasteiger charge is 2.47. The van der Waals surface area contributed by atoms with Gasteiger partial charge in [0.15, 0.2) is 12.6 Å². The van der Waals surface area contributed by atoms with Gasteiger partial charge in [-0.3, -0.25) is 32.7 Å². The monoisotopic (exact) mass is 1020 g/mol. The molecule has 0 aromatic carbocycles. The maximum atomic E-state index is 13.5. The summed E-state index contributed by atoms with van der Waals surface area (Å²) in [6.45, 7) is 3.82. The third-order valence-electron chi connectivity index (χ3n) is 11.6. The second kappa shape index (κ2) is 26.9. The number of hydrogen-bond donors (Lipinski definition) is 11. The van der Waals surface area contributed by atoms with Crippen molar-refractivity contribution in [1.82, 2.24) is 20.4 Å². The lowest BCUT2D eigenvalue weighted by Crippen LogP contribution is -2.64. The highest BCUT2D eigenvalue weighted by atomic mass is 31.2. The third kappa shape index (κ3) is 17.8. The van der Waals surface area contributed by atoms with E-state index in [1.807, 2.05) is 0 Å². The number of amides is 4. The minimum absolute atomic E-state index is 0.0159. The van der Waals surface area contributed by atoms with Crippen LogP contribution in [0.1, 0.15) is 79.1 Å². The molecule has 11 N–H and O–H groups in total. The van der Waals surface area contributed by atoms with Crippen LogP contribution in [0.4, 0.5) is 0 Å². The average molecular weight is 1020 g/mol. The van der Waals surface area contributed by atoms with Crippen molar-refractivity contribution in [2.24, 2.45) is 0 Å². The van der Waals surface area contributed by atoms with Gasteiger partial charge in [0.25, 0.3) is 0 Å². The third-order valence-corrected chi connectivity index (χ3v) is 13.3. The van der Waals surface area contributed by atoms with Gasteiger partial charge in [-0.25, -0.2) is 9.13 Å². The largest absolute Gasteiger partial charge is 0.472 e. The van der Waals surface area contributed by atoms with E-state index < -0.39 is 139 Å². The van der Waals surface area contributed by atoms with Crippen LogP contribution in [0.25, 0.3) is 0 Å². The molecule has 4 aliphatic rings. The van der Waals surface area contributed by atoms with E-state index in [0.29, 0.717) is 12.8 Å². The summed E-state index contributed by atoms with van der Waals surface area (Å²) in [5.41, 5.74) is 0. The molecule has 4 rings (SSSR count). The van der Waals surface area contributed by atoms with E-state index in [4.69, 9.17) is 37.3 Å². The second-order valence-electron chi connectivity index (χ2n) is 17.5. The lowest BCUT2D eigenvalue weighted by molar-refractivity contribution is -0.270. The Bertz CT molecular complexity index is 1730. The van der Waals surface area contributed by atoms with Gasteiger partial charge in [-0.15, -0.1) is 0 Å². The number of aliphatic hydroxyl groups excluding tert-OH is 6. The number of likely N-dealkylation sites (tertiary alicyclic amines) is 2. The van der Waals surface area contributed by atoms with Crippen LogP contribution in [0.15, 0.2) is 0 Å². The predicted octanol–water partition coefficient (Wildman–Crippen LogP) is -3.15. The molecular weight excluding hydrogens is 954 g/mol. The predicted molar refractivity (Wildman–Crippen MR) is 229 cm³/mol. The molecular formula is C39H70N4O23P2. The van der Waals surface area contributed by atoms with Gasteiger partial charge in [0, 0.05) is 53.0 Å². The van der Waals surface area contributed by atoms with Crippen molar-refractivity contribution in [3.63, 3.8) is 0 Å². The topological polar surface area (TPSA) is 389 Å². The summed E-state index contributed by atoms with van der Waals surface area (Å²) in [6.07, 6.45) is -12.3. The van der Waals surface area contributed by atoms with Gasteiger partial charge < -0.3 is 89.4 Å². The standard InChI is InChI=1S/C39H70N4O23P2/c1-21(2)61-19-24-13-27(16-42(24)30(48)9-5-7-11-59-38-32(40-22(3)46)36(52)34(50)28(17-44)63-38)66-68(57,58)62-20-25-14-26(65-67(54,55)56)15-43(25)31(49)10-6-8-12-60-39-33(41-23(4)47)37(53)35(51)29(18-45)64-39/h21,24-29,32-39,44-45,50-53H,5-20H2,1-4H3,(H,40,46)(H,41,47)(H,57,58)(H2,54,55,56)/t24?,25?,26?,27?,28?,29?,32?,33?,34-,35-,36+,37+,38+,39+/m0/s1. The summed E-state index contributed by atoms with van der Waals surface area (Å²) in [5, 5.41) is 65.4. The van der Waals surface area contributed by atoms with E-state index in [0.717, 1.165) is 0 Å². The normalized spacial score (nSPS) is 33.1. The number of carbonyl (C=O) groups excluding carboxylic acids is 4. The maximum absolute atomic E-state index is 13.5. The van der Waals surface area contributed by atoms with E-state index in [1.54, 1.807) is 13.8 Å². The van der Waals surface area contributed by atoms with Gasteiger partial charge in [0.05, 0.1) is 56.8 Å². The Balaban J connectivity index is 1.29. The molecule has 29 heteroatoms. The minimum Gasteiger partial charge on any atom is -0.394 e. The van der Waals surface area contributed by atoms with Gasteiger partial charge in [-0.05, 0) is 52.4 Å². The lowest BCUT2D eigenvalue weighted by atomic mass is 9.97. The molecule has 27 nitrogen and oxygen atoms in total. The molecule has 4 heterocycles. The Morgan fingerprint density at radius 1 is 0.662 bits per heavy atom. The van der Waals surface area contributed by atoms with E-state index in [1.165, 1.54) is 23.6 Å². The molecule has 0 spiro atoms. The van der Waals surface area contributed by atoms with Crippen LogP contribution >= 0.6 is 15.6 Å². The molecule has 9 unspecified atom stereocenters. The van der Waals surface area contributed by atoms with E-state index in [9.17, 15) is 73.6 Å². The highest BCUT2D eigenvalue weighted by Crippen LogP contribution is 2.48. The van der Waals surface area contributed by atoms with Crippen molar-refractivity contribution >= 4 is 39.3 Å². The smallest absolute Gasteiger partial charge is 0.394 e. The summed E-state index contributed by atoms with van der Waals surface area (Å²) >= 11 is 0. The number of phosphoric acid groups is 2. The first-order chi connectivity index (χ1) is 31.9. The van der Waals surface area contributed by atoms with Crippen LogP contribution in [0.2, 0.25) is 0 Å². The maximum Gasteiger partial charge on any atom is 0.472 e. The summed E-state index contributed by atoms with van der Waals surface area (Å²) in [7, 11) is -9.91. The molecule has 4 aliphatic heterocycles. The molecule has 15 atom stereocenters. The van der Waals surface area contributed by atoms with Crippen LogP contribution in [-0.4, -0.2) is 223 Å². The van der Waals surface area contributed by atoms with E-state index in [-0.39, 0.29) is 83.4 Å². The molecule has 0 aromatic heterocycles. The van der Waals surface area contributed by atoms with Crippen molar-refractivity contribution in [3.8, 4) is 0 Å². The van der Waals surface area contributed by atoms with Gasteiger partial charge in [-0.2, -0.15) is 0 Å². The zero-order chi connectivity index (χ0) is 50.5. The molecule has 0 radical (unpaired) electrons. The van der Waals surface area contributed by atoms with Gasteiger partial charge in [0.2, 0.25) is 23.6 Å². The van der Waals surface area contributed by atoms with Gasteiger partial charge in [0.1, 0.15) is 48.7 Å². The summed E-state index contributed by atoms with van der Waals surface area (Å²) in [6, 6.07) is -3.82. The fraction of sp³-hybridized carbons (Fsp3) is 0.897. The quantitative estimate of drug-likeness (QED) is 0.0301. The zero-order valence-corrected chi connectivity index (χ0v) is 40.3. The van der Waals surface area contributed by atoms with Crippen LogP contribution in [0.5, 0.6) is 0 Å². The highest BCUT2D eigenvalue weighted by molar-refractivity contribution is 7.47. The number of carbonyl (C=O) groups is 4. The number of rotatable bonds is 26. The van der Waals surface area contributed by atoms with Crippen LogP contribution < -0.4 is 10.6 Å². The number of hydrogen-bond acceptors (Lipinski definition) is 20. The fourth-order valence-corrected chi connectivity index (χ4v) is 9.88. The second-order valence-corrected chi connectivity index (χ2v) is 20.1. The SMILES string of the molecule is CC(=O)NC1[C@H](OCCCCC(=O)N2CC(OP(=O)(O)O)CC2COP(=O)(O)OC2CC(COC(C)C)N(C(=O)CCCCO[C@@H]3OC(CO)[C@H](O)[C@H](O)C3NC(C)=O)C2)OC(CO)[C@H](O)[C@@H]1O. The molecule has 394 valence electrons. The van der Waals surface area contributed by atoms with Crippen LogP contribution in [-0.2, 0) is 65.6 Å². The van der Waals surface area contributed by atoms with Crippen molar-refractivity contribution in [1.29, 1.82) is 0 Å². The Morgan fingerprint density at radius 2 is 1.09 bits per heavy atom. The van der Waals surface area contributed by atoms with Crippen molar-refractivity contribution in [2.75, 3.05) is 52.7 Å². The molecule has 0 bridgehead atoms. The molecule has 0 aliphatic carbocycles. The summed E-state index contributed by atoms with van der Waals surface area (Å²) in [5.74, 6) is -1.88. The summed E-state index contributed by atoms with van der Waals surface area (Å²) in [4.78, 5) is 82.8. The van der Waals surface area contributed by atoms with E-state index in [2.05, 4.69) is 10.6 Å². The van der Waals surface area contributed by atoms with Crippen LogP contribution in [0, 0.1) is 0 Å². The lowest BCUT2D eigenvalue weighted by Gasteiger charge is -2.42. The first-order valence-corrected chi connectivity index (χ1v) is 25.6. The molecule has 0 saturated carbocycles. The van der Waals surface area contributed by atoms with Gasteiger partial charge >= 0.3 is 15.6 Å². The first kappa shape index (κ1) is 58.2. The average Bonchev–Trinajstić information content (AvgIpc) is 3.85. The number of nitrogens with one attached hydrogen (secondary N) is 2. The molecule has 4 fully saturated rings. The number of ether oxygens (including phenoxy) is 5. The Kier molecular flexibility index (Phi) is 23.1. The van der Waals surface area contributed by atoms with E-state index >= 15 is 0 Å². The van der Waals surface area contributed by atoms with Crippen molar-refractivity contribution in [2.45, 2.75) is 171 Å². The number of phosphoric ester groups is 2. The van der Waals surface area contributed by atoms with Crippen LogP contribution in [0.3, 0.4) is 0 Å². The zero-order valence-electron chi connectivity index (χ0n) is 38.5. The minimum atomic E-state index is -5.01. The molecule has 68 heavy (non-hydrogen) atoms. The summed E-state index contributed by atoms with van der Waals surface area (Å²) < 4.78 is 69.1. The van der Waals surface area contributed by atoms with Crippen molar-refractivity contribution < 1.29 is 111 Å². The van der Waals surface area contributed by atoms with Gasteiger partial charge in [-0.1, -0.05) is 0 Å². The Hall–Kier alpha value is -2.34. The number of aliphatic hydroxyl groups is 6. The molecule has 4 saturated heterocycles. The van der Waals surface area contributed by atoms with Crippen molar-refractivity contribution in [3.05, 3.63) is 0 Å².